The van der Waals surface area contributed by atoms with E-state index < -0.39 is 0 Å². The van der Waals surface area contributed by atoms with Gasteiger partial charge in [-0.2, -0.15) is 0 Å². The Morgan fingerprint density at radius 1 is 0.900 bits per heavy atom. The lowest BCUT2D eigenvalue weighted by atomic mass is 9.26. The van der Waals surface area contributed by atoms with Crippen molar-refractivity contribution in [1.82, 2.24) is 4.57 Å². The average Bonchev–Trinajstić information content (AvgIpc) is 3.49. The lowest BCUT2D eigenvalue weighted by Crippen LogP contribution is -2.59. The molecule has 1 fully saturated rings. The fraction of sp³-hybridized carbons (Fsp3) is 0.289. The maximum absolute atomic E-state index is 7.13. The molecule has 0 amide bonds. The van der Waals surface area contributed by atoms with Crippen LogP contribution in [0, 0.1) is 0 Å². The summed E-state index contributed by atoms with van der Waals surface area (Å²) < 4.78 is 16.8. The van der Waals surface area contributed by atoms with Crippen molar-refractivity contribution in [2.45, 2.75) is 81.6 Å². The van der Waals surface area contributed by atoms with Crippen molar-refractivity contribution in [1.29, 1.82) is 0 Å². The second-order valence-corrected chi connectivity index (χ2v) is 15.6. The van der Waals surface area contributed by atoms with E-state index in [0.717, 1.165) is 50.0 Å². The third-order valence-electron chi connectivity index (χ3n) is 12.6. The van der Waals surface area contributed by atoms with Crippen LogP contribution >= 0.6 is 0 Å². The van der Waals surface area contributed by atoms with Crippen molar-refractivity contribution in [2.24, 2.45) is 0 Å². The number of aromatic nitrogens is 1. The van der Waals surface area contributed by atoms with Crippen LogP contribution in [0.4, 0.5) is 11.4 Å². The summed E-state index contributed by atoms with van der Waals surface area (Å²) in [5.41, 5.74) is 10.4. The largest absolute Gasteiger partial charge is 0.460 e. The van der Waals surface area contributed by atoms with Crippen molar-refractivity contribution >= 4 is 52.0 Å². The third-order valence-corrected chi connectivity index (χ3v) is 12.6. The Balaban J connectivity index is 1.20. The monoisotopic (exact) mass is 652 g/mol. The summed E-state index contributed by atoms with van der Waals surface area (Å²) >= 11 is 0. The first-order valence-corrected chi connectivity index (χ1v) is 18.7. The van der Waals surface area contributed by atoms with Gasteiger partial charge in [-0.3, -0.25) is 0 Å². The summed E-state index contributed by atoms with van der Waals surface area (Å²) in [6.45, 7) is 5.09. The predicted molar refractivity (Wildman–Crippen MR) is 206 cm³/mol. The Morgan fingerprint density at radius 3 is 2.70 bits per heavy atom. The quantitative estimate of drug-likeness (QED) is 0.161. The van der Waals surface area contributed by atoms with Gasteiger partial charge in [0.05, 0.1) is 28.8 Å². The van der Waals surface area contributed by atoms with Gasteiger partial charge in [-0.25, -0.2) is 0 Å². The van der Waals surface area contributed by atoms with Gasteiger partial charge < -0.3 is 18.9 Å². The molecule has 0 N–H and O–H groups in total. The van der Waals surface area contributed by atoms with E-state index in [0.29, 0.717) is 12.5 Å². The SMILES string of the molecule is CC1(C)C2=CCCC=C2N(c2ccc3c4c(n(C5=CC=CCC5)c3c2)=C2Oc3ccccc3B3C5C=CCCC5OC(C=4)C32)c2ccccc21. The zero-order valence-electron chi connectivity index (χ0n) is 28.8. The van der Waals surface area contributed by atoms with Gasteiger partial charge in [0.15, 0.2) is 0 Å². The van der Waals surface area contributed by atoms with Gasteiger partial charge in [-0.15, -0.1) is 0 Å². The molecule has 0 bridgehead atoms. The minimum Gasteiger partial charge on any atom is -0.460 e. The molecule has 0 spiro atoms. The maximum atomic E-state index is 7.13. The number of allylic oxidation sites excluding steroid dienone is 8. The highest BCUT2D eigenvalue weighted by Crippen LogP contribution is 2.53. The zero-order chi connectivity index (χ0) is 33.1. The number of ether oxygens (including phenoxy) is 2. The number of hydrogen-bond acceptors (Lipinski definition) is 3. The molecule has 50 heavy (non-hydrogen) atoms. The van der Waals surface area contributed by atoms with Crippen molar-refractivity contribution in [3.63, 3.8) is 0 Å². The van der Waals surface area contributed by atoms with Crippen LogP contribution in [0.15, 0.2) is 121 Å². The van der Waals surface area contributed by atoms with E-state index >= 15 is 0 Å². The molecule has 1 saturated heterocycles. The normalized spacial score (nSPS) is 26.6. The Labute approximate surface area is 294 Å². The number of para-hydroxylation sites is 2. The molecule has 4 aliphatic carbocycles. The predicted octanol–water partition coefficient (Wildman–Crippen LogP) is 8.42. The Bertz CT molecular complexity index is 2420. The van der Waals surface area contributed by atoms with Gasteiger partial charge in [0.2, 0.25) is 6.71 Å². The van der Waals surface area contributed by atoms with E-state index in [-0.39, 0.29) is 23.4 Å². The summed E-state index contributed by atoms with van der Waals surface area (Å²) in [5.74, 6) is 2.55. The van der Waals surface area contributed by atoms with Crippen LogP contribution in [0.2, 0.25) is 11.6 Å². The molecule has 5 heteroatoms. The van der Waals surface area contributed by atoms with Gasteiger partial charge in [-0.1, -0.05) is 92.8 Å². The first-order valence-electron chi connectivity index (χ1n) is 18.7. The molecule has 246 valence electrons. The fourth-order valence-corrected chi connectivity index (χ4v) is 10.5. The average molecular weight is 653 g/mol. The van der Waals surface area contributed by atoms with Crippen molar-refractivity contribution in [3.8, 4) is 5.75 Å². The van der Waals surface area contributed by atoms with Gasteiger partial charge in [-0.05, 0) is 97.4 Å². The smallest absolute Gasteiger partial charge is 0.205 e. The molecule has 3 aliphatic heterocycles. The van der Waals surface area contributed by atoms with Gasteiger partial charge in [0, 0.05) is 38.9 Å². The number of hydrogen-bond donors (Lipinski definition) is 0. The second kappa shape index (κ2) is 10.6. The van der Waals surface area contributed by atoms with E-state index in [4.69, 9.17) is 9.47 Å². The second-order valence-electron chi connectivity index (χ2n) is 15.6. The maximum Gasteiger partial charge on any atom is 0.205 e. The standard InChI is InChI=1S/C45H41BN2O2/c1-45(2)32-16-6-10-20-36(32)47(37-21-11-7-17-33(37)45)29-24-25-30-31-27-41-42-44(43(31)48(38(30)26-29)28-14-4-3-5-15-28)50-40-23-13-9-19-35(40)46(42)34-18-8-12-22-39(34)49-41/h3-4,6,8-10,13-14,16-21,23-27,34,39,41-42H,5,7,11-12,15,22H2,1-2H3. The van der Waals surface area contributed by atoms with E-state index in [1.807, 2.05) is 0 Å². The Kier molecular flexibility index (Phi) is 6.18. The highest BCUT2D eigenvalue weighted by atomic mass is 16.5. The third kappa shape index (κ3) is 3.93. The van der Waals surface area contributed by atoms with Gasteiger partial charge in [0.25, 0.3) is 0 Å². The molecule has 1 aromatic heterocycles. The van der Waals surface area contributed by atoms with Crippen LogP contribution in [0.25, 0.3) is 28.4 Å². The topological polar surface area (TPSA) is 26.6 Å². The van der Waals surface area contributed by atoms with E-state index in [9.17, 15) is 0 Å². The molecule has 4 aromatic rings. The van der Waals surface area contributed by atoms with Crippen LogP contribution in [-0.4, -0.2) is 23.5 Å². The highest BCUT2D eigenvalue weighted by Gasteiger charge is 2.54. The molecule has 4 atom stereocenters. The molecule has 3 aromatic carbocycles. The van der Waals surface area contributed by atoms with Crippen molar-refractivity contribution in [3.05, 3.63) is 137 Å². The van der Waals surface area contributed by atoms with Crippen LogP contribution < -0.4 is 25.7 Å². The molecule has 4 unspecified atom stereocenters. The van der Waals surface area contributed by atoms with Gasteiger partial charge >= 0.3 is 0 Å². The molecular formula is C45H41BN2O2. The van der Waals surface area contributed by atoms with Crippen LogP contribution in [-0.2, 0) is 10.2 Å². The summed E-state index contributed by atoms with van der Waals surface area (Å²) in [6.07, 6.45) is 25.6. The summed E-state index contributed by atoms with van der Waals surface area (Å²) in [6, 6.07) is 24.9. The first kappa shape index (κ1) is 29.0. The molecule has 11 rings (SSSR count). The number of fused-ring (bicyclic) bond motifs is 9. The minimum absolute atomic E-state index is 0.0288. The molecule has 0 saturated carbocycles. The van der Waals surface area contributed by atoms with Crippen molar-refractivity contribution < 1.29 is 9.47 Å². The van der Waals surface area contributed by atoms with Crippen LogP contribution in [0.3, 0.4) is 0 Å². The molecule has 7 aliphatic rings. The summed E-state index contributed by atoms with van der Waals surface area (Å²) in [4.78, 5) is 2.52. The lowest BCUT2D eigenvalue weighted by molar-refractivity contribution is 0.00308. The molecule has 0 radical (unpaired) electrons. The van der Waals surface area contributed by atoms with Crippen molar-refractivity contribution in [2.75, 3.05) is 4.90 Å². The summed E-state index contributed by atoms with van der Waals surface area (Å²) in [5, 5.41) is 3.72. The highest BCUT2D eigenvalue weighted by molar-refractivity contribution is 6.79. The molecule has 4 heterocycles. The lowest BCUT2D eigenvalue weighted by Gasteiger charge is -2.49. The Morgan fingerprint density at radius 2 is 1.78 bits per heavy atom. The number of anilines is 2. The van der Waals surface area contributed by atoms with E-state index in [1.54, 1.807) is 0 Å². The number of rotatable bonds is 2. The van der Waals surface area contributed by atoms with Gasteiger partial charge in [0.1, 0.15) is 11.5 Å². The summed E-state index contributed by atoms with van der Waals surface area (Å²) in [7, 11) is 0. The zero-order valence-corrected chi connectivity index (χ0v) is 28.8. The van der Waals surface area contributed by atoms with E-state index in [1.165, 1.54) is 60.8 Å². The Hall–Kier alpha value is -4.74. The number of benzene rings is 3. The van der Waals surface area contributed by atoms with E-state index in [2.05, 4.69) is 139 Å². The number of nitrogens with zero attached hydrogens (tertiary/aromatic N) is 2. The molecular weight excluding hydrogens is 611 g/mol. The van der Waals surface area contributed by atoms with Crippen LogP contribution in [0.1, 0.15) is 57.9 Å². The van der Waals surface area contributed by atoms with Crippen LogP contribution in [0.5, 0.6) is 5.75 Å². The molecule has 4 nitrogen and oxygen atoms in total. The minimum atomic E-state index is -0.0542. The first-order chi connectivity index (χ1) is 24.6. The fourth-order valence-electron chi connectivity index (χ4n) is 10.5.